The lowest BCUT2D eigenvalue weighted by Crippen LogP contribution is -2.52. The first kappa shape index (κ1) is 43.7. The van der Waals surface area contributed by atoms with E-state index in [2.05, 4.69) is 268 Å². The van der Waals surface area contributed by atoms with Crippen molar-refractivity contribution >= 4 is 56.3 Å². The van der Waals surface area contributed by atoms with Crippen molar-refractivity contribution in [3.05, 3.63) is 258 Å². The van der Waals surface area contributed by atoms with Gasteiger partial charge in [0.2, 0.25) is 6.71 Å². The molecule has 0 bridgehead atoms. The lowest BCUT2D eigenvalue weighted by atomic mass is 9.36. The molecule has 69 heavy (non-hydrogen) atoms. The molecule has 3 heterocycles. The zero-order valence-electron chi connectivity index (χ0n) is 40.4. The Bertz CT molecular complexity index is 3420. The third kappa shape index (κ3) is 7.92. The second kappa shape index (κ2) is 17.6. The fraction of sp³-hybridized carbons (Fsp3) is 0.141. The van der Waals surface area contributed by atoms with E-state index in [0.717, 1.165) is 16.9 Å². The van der Waals surface area contributed by atoms with E-state index < -0.39 is 0 Å². The molecule has 11 rings (SSSR count). The van der Waals surface area contributed by atoms with Crippen LogP contribution in [0.1, 0.15) is 63.8 Å². The van der Waals surface area contributed by atoms with Gasteiger partial charge in [-0.1, -0.05) is 214 Å². The first-order chi connectivity index (χ1) is 33.6. The number of para-hydroxylation sites is 1. The number of benzene rings is 8. The number of rotatable bonds is 11. The summed E-state index contributed by atoms with van der Waals surface area (Å²) < 4.78 is 2.32. The molecule has 0 aliphatic carbocycles. The van der Waals surface area contributed by atoms with Crippen molar-refractivity contribution in [3.63, 3.8) is 0 Å². The molecule has 5 heteroatoms. The van der Waals surface area contributed by atoms with Gasteiger partial charge in [-0.3, -0.25) is 4.57 Å². The van der Waals surface area contributed by atoms with E-state index in [1.165, 1.54) is 83.3 Å². The van der Waals surface area contributed by atoms with Gasteiger partial charge in [0.05, 0.1) is 17.7 Å². The summed E-state index contributed by atoms with van der Waals surface area (Å²) in [6.45, 7) is 14.6. The number of hydrogen-bond acceptors (Lipinski definition) is 3. The molecule has 0 N–H and O–H groups in total. The highest BCUT2D eigenvalue weighted by molar-refractivity contribution is 6.95. The van der Waals surface area contributed by atoms with Crippen molar-refractivity contribution < 1.29 is 0 Å². The van der Waals surface area contributed by atoms with E-state index in [1.54, 1.807) is 0 Å². The second-order valence-corrected chi connectivity index (χ2v) is 19.8. The lowest BCUT2D eigenvalue weighted by Gasteiger charge is -2.33. The Kier molecular flexibility index (Phi) is 11.2. The van der Waals surface area contributed by atoms with Crippen molar-refractivity contribution in [3.8, 4) is 16.9 Å². The average molecular weight is 893 g/mol. The Hall–Kier alpha value is -7.89. The fourth-order valence-corrected chi connectivity index (χ4v) is 10.7. The van der Waals surface area contributed by atoms with Crippen LogP contribution >= 0.6 is 0 Å². The third-order valence-electron chi connectivity index (χ3n) is 15.0. The summed E-state index contributed by atoms with van der Waals surface area (Å²) in [7, 11) is 0. The van der Waals surface area contributed by atoms with Crippen LogP contribution in [-0.4, -0.2) is 22.9 Å². The maximum atomic E-state index is 4.86. The molecule has 4 nitrogen and oxygen atoms in total. The molecular formula is C64H57BN4. The minimum Gasteiger partial charge on any atom is -0.325 e. The van der Waals surface area contributed by atoms with Crippen molar-refractivity contribution in [2.24, 2.45) is 0 Å². The number of hydrogen-bond donors (Lipinski definition) is 0. The summed E-state index contributed by atoms with van der Waals surface area (Å²) in [6, 6.07) is 80.3. The van der Waals surface area contributed by atoms with Gasteiger partial charge < -0.3 is 9.80 Å². The molecule has 0 spiro atoms. The molecule has 0 fully saturated rings. The SMILES string of the molecule is CC1=C(C)N(c2cc(C(C)(C)c3ccccc3)cc(C(C)(C)c3ccccc3)c2)CN1c1cc(B(c2ccccc2)c2ccc3c4ccccc4n(-c4ccccn4)c3c2)cc(-c2ccccc2)c1. The van der Waals surface area contributed by atoms with Crippen LogP contribution in [0.2, 0.25) is 0 Å². The number of allylic oxidation sites excluding steroid dienone is 2. The van der Waals surface area contributed by atoms with E-state index in [4.69, 9.17) is 4.98 Å². The molecule has 10 aromatic rings. The van der Waals surface area contributed by atoms with Gasteiger partial charge in [-0.15, -0.1) is 0 Å². The highest BCUT2D eigenvalue weighted by atomic mass is 15.4. The largest absolute Gasteiger partial charge is 0.325 e. The number of pyridine rings is 1. The predicted octanol–water partition coefficient (Wildman–Crippen LogP) is 13.5. The van der Waals surface area contributed by atoms with Crippen LogP contribution in [0.4, 0.5) is 11.4 Å². The van der Waals surface area contributed by atoms with Crippen LogP contribution in [0.5, 0.6) is 0 Å². The first-order valence-corrected chi connectivity index (χ1v) is 24.3. The maximum Gasteiger partial charge on any atom is 0.241 e. The summed E-state index contributed by atoms with van der Waals surface area (Å²) in [6.07, 6.45) is 1.88. The average Bonchev–Trinajstić information content (AvgIpc) is 3.89. The Morgan fingerprint density at radius 2 is 0.942 bits per heavy atom. The standard InChI is InChI=1S/C64H57BN4/c1-45-46(2)68(57-40-51(63(3,4)49-25-13-8-14-26-49)39-52(41-57)64(5,6)50-27-15-9-16-28-50)44-67(45)56-38-48(47-23-11-7-12-24-47)37-55(42-56)65(53-29-17-10-18-30-53)54-34-35-59-58-31-19-20-32-60(58)69(61(59)43-54)62-33-21-22-36-66-62/h7-43H,44H2,1-6H3. The van der Waals surface area contributed by atoms with Crippen LogP contribution in [0, 0.1) is 0 Å². The van der Waals surface area contributed by atoms with E-state index >= 15 is 0 Å². The highest BCUT2D eigenvalue weighted by Crippen LogP contribution is 2.42. The molecule has 336 valence electrons. The molecule has 0 atom stereocenters. The zero-order chi connectivity index (χ0) is 47.3. The molecule has 8 aromatic carbocycles. The van der Waals surface area contributed by atoms with Crippen molar-refractivity contribution in [1.29, 1.82) is 0 Å². The summed E-state index contributed by atoms with van der Waals surface area (Å²) >= 11 is 0. The van der Waals surface area contributed by atoms with Crippen molar-refractivity contribution in [2.75, 3.05) is 16.5 Å². The summed E-state index contributed by atoms with van der Waals surface area (Å²) in [4.78, 5) is 9.91. The zero-order valence-corrected chi connectivity index (χ0v) is 40.4. The predicted molar refractivity (Wildman–Crippen MR) is 293 cm³/mol. The van der Waals surface area contributed by atoms with Gasteiger partial charge >= 0.3 is 0 Å². The molecule has 0 saturated heterocycles. The second-order valence-electron chi connectivity index (χ2n) is 19.8. The number of aromatic nitrogens is 2. The van der Waals surface area contributed by atoms with Gasteiger partial charge in [-0.2, -0.15) is 0 Å². The summed E-state index contributed by atoms with van der Waals surface area (Å²) in [5.41, 5.74) is 18.0. The van der Waals surface area contributed by atoms with Gasteiger partial charge in [-0.25, -0.2) is 4.98 Å². The van der Waals surface area contributed by atoms with Gasteiger partial charge in [-0.05, 0) is 95.8 Å². The van der Waals surface area contributed by atoms with Gasteiger partial charge in [0.15, 0.2) is 0 Å². The molecule has 1 aliphatic heterocycles. The molecular weight excluding hydrogens is 836 g/mol. The van der Waals surface area contributed by atoms with E-state index in [1.807, 2.05) is 12.3 Å². The topological polar surface area (TPSA) is 24.3 Å². The molecule has 2 aromatic heterocycles. The Morgan fingerprint density at radius 1 is 0.406 bits per heavy atom. The van der Waals surface area contributed by atoms with Crippen LogP contribution in [-0.2, 0) is 10.8 Å². The van der Waals surface area contributed by atoms with Crippen molar-refractivity contribution in [2.45, 2.75) is 52.4 Å². The van der Waals surface area contributed by atoms with Crippen LogP contribution in [0.3, 0.4) is 0 Å². The lowest BCUT2D eigenvalue weighted by molar-refractivity contribution is 0.617. The Morgan fingerprint density at radius 3 is 1.55 bits per heavy atom. The van der Waals surface area contributed by atoms with Gasteiger partial charge in [0.25, 0.3) is 0 Å². The highest BCUT2D eigenvalue weighted by Gasteiger charge is 2.33. The Labute approximate surface area is 407 Å². The monoisotopic (exact) mass is 892 g/mol. The smallest absolute Gasteiger partial charge is 0.241 e. The normalized spacial score (nSPS) is 13.2. The third-order valence-corrected chi connectivity index (χ3v) is 15.0. The van der Waals surface area contributed by atoms with Gasteiger partial charge in [0.1, 0.15) is 5.82 Å². The summed E-state index contributed by atoms with van der Waals surface area (Å²) in [5, 5.41) is 2.43. The number of anilines is 2. The van der Waals surface area contributed by atoms with Crippen LogP contribution in [0.25, 0.3) is 38.8 Å². The first-order valence-electron chi connectivity index (χ1n) is 24.3. The molecule has 0 radical (unpaired) electrons. The number of nitrogens with zero attached hydrogens (tertiary/aromatic N) is 4. The molecule has 0 unspecified atom stereocenters. The minimum atomic E-state index is -0.231. The van der Waals surface area contributed by atoms with Crippen molar-refractivity contribution in [1.82, 2.24) is 9.55 Å². The van der Waals surface area contributed by atoms with Crippen LogP contribution in [0.15, 0.2) is 236 Å². The molecule has 0 amide bonds. The van der Waals surface area contributed by atoms with Crippen LogP contribution < -0.4 is 26.2 Å². The molecule has 0 saturated carbocycles. The molecule has 1 aliphatic rings. The quantitative estimate of drug-likeness (QED) is 0.121. The Balaban J connectivity index is 1.06. The van der Waals surface area contributed by atoms with E-state index in [0.29, 0.717) is 6.67 Å². The fourth-order valence-electron chi connectivity index (χ4n) is 10.7. The van der Waals surface area contributed by atoms with E-state index in [-0.39, 0.29) is 17.5 Å². The summed E-state index contributed by atoms with van der Waals surface area (Å²) in [5.74, 6) is 0.909. The minimum absolute atomic E-state index is 0.0584. The van der Waals surface area contributed by atoms with E-state index in [9.17, 15) is 0 Å². The van der Waals surface area contributed by atoms with Gasteiger partial charge in [0, 0.05) is 50.6 Å². The maximum absolute atomic E-state index is 4.86. The number of fused-ring (bicyclic) bond motifs is 3.